The summed E-state index contributed by atoms with van der Waals surface area (Å²) in [4.78, 5) is 49.2. The molecule has 0 atom stereocenters. The highest BCUT2D eigenvalue weighted by Crippen LogP contribution is 2.36. The highest BCUT2D eigenvalue weighted by Gasteiger charge is 2.36. The van der Waals surface area contributed by atoms with E-state index >= 15 is 0 Å². The number of carbonyl (C=O) groups excluding carboxylic acids is 3. The molecule has 2 heterocycles. The van der Waals surface area contributed by atoms with E-state index in [-0.39, 0.29) is 27.7 Å². The highest BCUT2D eigenvalue weighted by atomic mass is 79.9. The summed E-state index contributed by atoms with van der Waals surface area (Å²) >= 11 is 3.97. The molecule has 10 nitrogen and oxygen atoms in total. The van der Waals surface area contributed by atoms with E-state index in [1.807, 2.05) is 0 Å². The molecule has 35 heavy (non-hydrogen) atoms. The third kappa shape index (κ3) is 5.44. The summed E-state index contributed by atoms with van der Waals surface area (Å²) in [5.74, 6) is -0.416. The summed E-state index contributed by atoms with van der Waals surface area (Å²) in [5, 5.41) is 13.5. The van der Waals surface area contributed by atoms with Crippen molar-refractivity contribution >= 4 is 62.2 Å². The summed E-state index contributed by atoms with van der Waals surface area (Å²) in [6.45, 7) is -0.445. The lowest BCUT2D eigenvalue weighted by molar-refractivity contribution is -0.384. The number of anilines is 1. The standard InChI is InChI=1S/C23H16BrN3O7S/c1-33-15-6-8-17(18(10-15)27(31)32)19-9-7-16(34-19)11-20-22(29)26(23(30)35-20)12-21(28)25-14-4-2-13(24)3-5-14/h2-11H,12H2,1H3,(H,25,28)/b20-11+. The number of nitro groups is 1. The number of hydrogen-bond donors (Lipinski definition) is 1. The van der Waals surface area contributed by atoms with Gasteiger partial charge in [0.05, 0.1) is 28.6 Å². The Morgan fingerprint density at radius 2 is 1.94 bits per heavy atom. The number of benzene rings is 2. The van der Waals surface area contributed by atoms with E-state index < -0.39 is 28.5 Å². The molecule has 3 amide bonds. The maximum Gasteiger partial charge on any atom is 0.294 e. The smallest absolute Gasteiger partial charge is 0.294 e. The van der Waals surface area contributed by atoms with Gasteiger partial charge in [-0.3, -0.25) is 29.4 Å². The maximum absolute atomic E-state index is 12.7. The number of methoxy groups -OCH3 is 1. The molecule has 178 valence electrons. The van der Waals surface area contributed by atoms with Crippen LogP contribution in [0.15, 0.2) is 68.4 Å². The van der Waals surface area contributed by atoms with Crippen LogP contribution >= 0.6 is 27.7 Å². The molecule has 0 saturated carbocycles. The van der Waals surface area contributed by atoms with Gasteiger partial charge in [0.25, 0.3) is 16.8 Å². The number of nitrogens with zero attached hydrogens (tertiary/aromatic N) is 2. The second-order valence-corrected chi connectivity index (χ2v) is 9.07. The first-order chi connectivity index (χ1) is 16.7. The van der Waals surface area contributed by atoms with Gasteiger partial charge in [-0.2, -0.15) is 0 Å². The third-order valence-electron chi connectivity index (χ3n) is 4.87. The normalized spacial score (nSPS) is 14.5. The van der Waals surface area contributed by atoms with E-state index in [9.17, 15) is 24.5 Å². The number of amides is 3. The van der Waals surface area contributed by atoms with Crippen molar-refractivity contribution < 1.29 is 28.5 Å². The monoisotopic (exact) mass is 557 g/mol. The summed E-state index contributed by atoms with van der Waals surface area (Å²) in [5.41, 5.74) is 0.548. The number of nitrogens with one attached hydrogen (secondary N) is 1. The average Bonchev–Trinajstić information content (AvgIpc) is 3.40. The van der Waals surface area contributed by atoms with Crippen LogP contribution in [0.4, 0.5) is 16.2 Å². The van der Waals surface area contributed by atoms with Crippen LogP contribution in [0.3, 0.4) is 0 Å². The van der Waals surface area contributed by atoms with Crippen LogP contribution in [0.5, 0.6) is 5.75 Å². The third-order valence-corrected chi connectivity index (χ3v) is 6.31. The summed E-state index contributed by atoms with van der Waals surface area (Å²) < 4.78 is 11.6. The minimum atomic E-state index is -0.640. The number of ether oxygens (including phenoxy) is 1. The molecule has 0 bridgehead atoms. The number of carbonyl (C=O) groups is 3. The summed E-state index contributed by atoms with van der Waals surface area (Å²) in [6, 6.07) is 14.2. The molecule has 1 aliphatic rings. The van der Waals surface area contributed by atoms with Gasteiger partial charge in [0.2, 0.25) is 5.91 Å². The first-order valence-corrected chi connectivity index (χ1v) is 11.6. The zero-order valence-corrected chi connectivity index (χ0v) is 20.4. The van der Waals surface area contributed by atoms with E-state index in [2.05, 4.69) is 21.2 Å². The summed E-state index contributed by atoms with van der Waals surface area (Å²) in [7, 11) is 1.40. The molecule has 12 heteroatoms. The van der Waals surface area contributed by atoms with Gasteiger partial charge >= 0.3 is 0 Å². The Labute approximate surface area is 211 Å². The predicted octanol–water partition coefficient (Wildman–Crippen LogP) is 5.30. The topological polar surface area (TPSA) is 132 Å². The Kier molecular flexibility index (Phi) is 7.03. The van der Waals surface area contributed by atoms with E-state index in [0.29, 0.717) is 23.2 Å². The van der Waals surface area contributed by atoms with E-state index in [1.165, 1.54) is 37.5 Å². The molecular weight excluding hydrogens is 542 g/mol. The summed E-state index contributed by atoms with van der Waals surface area (Å²) in [6.07, 6.45) is 1.36. The van der Waals surface area contributed by atoms with E-state index in [0.717, 1.165) is 9.37 Å². The minimum absolute atomic E-state index is 0.0663. The molecule has 4 rings (SSSR count). The molecule has 2 aromatic carbocycles. The minimum Gasteiger partial charge on any atom is -0.497 e. The lowest BCUT2D eigenvalue weighted by Crippen LogP contribution is -2.36. The second-order valence-electron chi connectivity index (χ2n) is 7.17. The van der Waals surface area contributed by atoms with Crippen molar-refractivity contribution in [1.29, 1.82) is 0 Å². The van der Waals surface area contributed by atoms with Crippen molar-refractivity contribution in [2.45, 2.75) is 0 Å². The Bertz CT molecular complexity index is 1370. The van der Waals surface area contributed by atoms with Crippen LogP contribution in [-0.4, -0.2) is 40.5 Å². The number of halogens is 1. The second kappa shape index (κ2) is 10.2. The number of rotatable bonds is 7. The van der Waals surface area contributed by atoms with Crippen LogP contribution in [-0.2, 0) is 9.59 Å². The fourth-order valence-electron chi connectivity index (χ4n) is 3.22. The number of nitro benzene ring substituents is 1. The van der Waals surface area contributed by atoms with Gasteiger partial charge < -0.3 is 14.5 Å². The van der Waals surface area contributed by atoms with Crippen LogP contribution in [0.1, 0.15) is 5.76 Å². The quantitative estimate of drug-likeness (QED) is 0.235. The Hall–Kier alpha value is -3.90. The van der Waals surface area contributed by atoms with Gasteiger partial charge in [0.15, 0.2) is 0 Å². The lowest BCUT2D eigenvalue weighted by atomic mass is 10.1. The van der Waals surface area contributed by atoms with Crippen molar-refractivity contribution in [1.82, 2.24) is 4.90 Å². The van der Waals surface area contributed by atoms with Crippen LogP contribution in [0.2, 0.25) is 0 Å². The molecule has 0 spiro atoms. The van der Waals surface area contributed by atoms with Gasteiger partial charge in [-0.05, 0) is 60.3 Å². The molecule has 3 aromatic rings. The van der Waals surface area contributed by atoms with Crippen molar-refractivity contribution in [2.24, 2.45) is 0 Å². The van der Waals surface area contributed by atoms with Crippen LogP contribution in [0, 0.1) is 10.1 Å². The molecule has 1 aromatic heterocycles. The van der Waals surface area contributed by atoms with Crippen molar-refractivity contribution in [2.75, 3.05) is 19.0 Å². The molecule has 0 unspecified atom stereocenters. The number of imide groups is 1. The van der Waals surface area contributed by atoms with Crippen molar-refractivity contribution in [3.8, 4) is 17.1 Å². The van der Waals surface area contributed by atoms with Crippen molar-refractivity contribution in [3.63, 3.8) is 0 Å². The molecule has 1 N–H and O–H groups in total. The zero-order valence-electron chi connectivity index (χ0n) is 18.0. The molecule has 1 fully saturated rings. The fraction of sp³-hybridized carbons (Fsp3) is 0.0870. The van der Waals surface area contributed by atoms with Crippen LogP contribution in [0.25, 0.3) is 17.4 Å². The number of thioether (sulfide) groups is 1. The van der Waals surface area contributed by atoms with Gasteiger partial charge in [0, 0.05) is 16.2 Å². The van der Waals surface area contributed by atoms with Crippen LogP contribution < -0.4 is 10.1 Å². The van der Waals surface area contributed by atoms with Gasteiger partial charge in [0.1, 0.15) is 23.8 Å². The highest BCUT2D eigenvalue weighted by molar-refractivity contribution is 9.10. The van der Waals surface area contributed by atoms with Gasteiger partial charge in [-0.1, -0.05) is 15.9 Å². The molecule has 1 aliphatic heterocycles. The number of furan rings is 1. The van der Waals surface area contributed by atoms with Gasteiger partial charge in [-0.15, -0.1) is 0 Å². The molecular formula is C23H16BrN3O7S. The maximum atomic E-state index is 12.7. The Morgan fingerprint density at radius 3 is 2.63 bits per heavy atom. The predicted molar refractivity (Wildman–Crippen MR) is 133 cm³/mol. The SMILES string of the molecule is COc1ccc(-c2ccc(/C=C3/SC(=O)N(CC(=O)Nc4ccc(Br)cc4)C3=O)o2)c([N+](=O)[O-])c1. The Morgan fingerprint density at radius 1 is 1.20 bits per heavy atom. The first-order valence-electron chi connectivity index (χ1n) is 9.98. The molecule has 1 saturated heterocycles. The largest absolute Gasteiger partial charge is 0.497 e. The van der Waals surface area contributed by atoms with E-state index in [4.69, 9.17) is 9.15 Å². The molecule has 0 radical (unpaired) electrons. The Balaban J connectivity index is 1.49. The lowest BCUT2D eigenvalue weighted by Gasteiger charge is -2.12. The average molecular weight is 558 g/mol. The van der Waals surface area contributed by atoms with E-state index in [1.54, 1.807) is 30.3 Å². The van der Waals surface area contributed by atoms with Gasteiger partial charge in [-0.25, -0.2) is 0 Å². The molecule has 0 aliphatic carbocycles. The zero-order chi connectivity index (χ0) is 25.1. The van der Waals surface area contributed by atoms with Crippen molar-refractivity contribution in [3.05, 3.63) is 79.8 Å². The first kappa shape index (κ1) is 24.2. The fourth-order valence-corrected chi connectivity index (χ4v) is 4.30. The number of hydrogen-bond acceptors (Lipinski definition) is 8.